The normalized spacial score (nSPS) is 12.2. The molecule has 2 heterocycles. The van der Waals surface area contributed by atoms with Crippen molar-refractivity contribution in [1.82, 2.24) is 9.38 Å². The maximum absolute atomic E-state index is 10.6. The molecule has 0 atom stereocenters. The van der Waals surface area contributed by atoms with Crippen LogP contribution in [0.25, 0.3) is 4.96 Å². The number of carboxylic acid groups (broad SMARTS) is 1. The van der Waals surface area contributed by atoms with Gasteiger partial charge in [-0.05, 0) is 6.42 Å². The Morgan fingerprint density at radius 3 is 2.82 bits per heavy atom. The Morgan fingerprint density at radius 2 is 2.24 bits per heavy atom. The van der Waals surface area contributed by atoms with Crippen LogP contribution in [0.5, 0.6) is 0 Å². The van der Waals surface area contributed by atoms with E-state index in [9.17, 15) is 4.79 Å². The van der Waals surface area contributed by atoms with Gasteiger partial charge in [-0.1, -0.05) is 20.8 Å². The summed E-state index contributed by atoms with van der Waals surface area (Å²) in [7, 11) is 0. The fraction of sp³-hybridized carbons (Fsp3) is 0.500. The van der Waals surface area contributed by atoms with Gasteiger partial charge >= 0.3 is 5.97 Å². The van der Waals surface area contributed by atoms with Crippen molar-refractivity contribution in [3.63, 3.8) is 0 Å². The van der Waals surface area contributed by atoms with Crippen LogP contribution in [0.4, 0.5) is 0 Å². The third-order valence-corrected chi connectivity index (χ3v) is 3.54. The number of fused-ring (bicyclic) bond motifs is 1. The second-order valence-corrected chi connectivity index (χ2v) is 5.99. The highest BCUT2D eigenvalue weighted by molar-refractivity contribution is 7.15. The summed E-state index contributed by atoms with van der Waals surface area (Å²) in [4.78, 5) is 16.1. The molecule has 0 saturated heterocycles. The quantitative estimate of drug-likeness (QED) is 0.913. The van der Waals surface area contributed by atoms with E-state index in [1.54, 1.807) is 11.3 Å². The topological polar surface area (TPSA) is 54.6 Å². The number of carbonyl (C=O) groups is 1. The van der Waals surface area contributed by atoms with E-state index in [2.05, 4.69) is 25.8 Å². The van der Waals surface area contributed by atoms with E-state index in [1.165, 1.54) is 0 Å². The van der Waals surface area contributed by atoms with Crippen LogP contribution in [0, 0.1) is 0 Å². The van der Waals surface area contributed by atoms with Crippen LogP contribution in [0.1, 0.15) is 38.6 Å². The third kappa shape index (κ3) is 2.49. The molecule has 2 aromatic heterocycles. The van der Waals surface area contributed by atoms with Crippen molar-refractivity contribution in [2.75, 3.05) is 0 Å². The smallest absolute Gasteiger partial charge is 0.303 e. The van der Waals surface area contributed by atoms with Crippen molar-refractivity contribution in [2.24, 2.45) is 0 Å². The molecule has 2 rings (SSSR count). The Morgan fingerprint density at radius 1 is 1.53 bits per heavy atom. The van der Waals surface area contributed by atoms with Crippen LogP contribution < -0.4 is 0 Å². The average molecular weight is 252 g/mol. The fourth-order valence-electron chi connectivity index (χ4n) is 1.61. The fourth-order valence-corrected chi connectivity index (χ4v) is 2.51. The minimum absolute atomic E-state index is 0.0236. The van der Waals surface area contributed by atoms with Gasteiger partial charge in [-0.15, -0.1) is 11.3 Å². The molecule has 0 spiro atoms. The number of rotatable bonds is 3. The SMILES string of the molecule is CC(C)(C)c1cn2c(CCC(=O)O)csc2n1. The lowest BCUT2D eigenvalue weighted by atomic mass is 9.93. The first-order valence-electron chi connectivity index (χ1n) is 5.55. The molecule has 0 radical (unpaired) electrons. The molecule has 0 saturated carbocycles. The molecule has 0 bridgehead atoms. The van der Waals surface area contributed by atoms with Crippen molar-refractivity contribution >= 4 is 22.3 Å². The minimum atomic E-state index is -0.763. The number of imidazole rings is 1. The number of thiazole rings is 1. The average Bonchev–Trinajstić information content (AvgIpc) is 2.72. The van der Waals surface area contributed by atoms with Crippen molar-refractivity contribution in [1.29, 1.82) is 0 Å². The maximum atomic E-state index is 10.6. The molecule has 0 fully saturated rings. The summed E-state index contributed by atoms with van der Waals surface area (Å²) in [6, 6.07) is 0. The number of nitrogens with zero attached hydrogens (tertiary/aromatic N) is 2. The van der Waals surface area contributed by atoms with Crippen molar-refractivity contribution in [2.45, 2.75) is 39.0 Å². The third-order valence-electron chi connectivity index (χ3n) is 2.65. The zero-order valence-electron chi connectivity index (χ0n) is 10.2. The summed E-state index contributed by atoms with van der Waals surface area (Å²) >= 11 is 1.56. The second-order valence-electron chi connectivity index (χ2n) is 5.15. The molecule has 0 aliphatic heterocycles. The van der Waals surface area contributed by atoms with Gasteiger partial charge in [0.25, 0.3) is 0 Å². The van der Waals surface area contributed by atoms with E-state index >= 15 is 0 Å². The Labute approximate surface area is 104 Å². The first-order valence-corrected chi connectivity index (χ1v) is 6.43. The van der Waals surface area contributed by atoms with Crippen molar-refractivity contribution in [3.05, 3.63) is 23.0 Å². The largest absolute Gasteiger partial charge is 0.481 e. The molecule has 0 unspecified atom stereocenters. The van der Waals surface area contributed by atoms with Gasteiger partial charge in [0, 0.05) is 22.7 Å². The first-order chi connectivity index (χ1) is 7.88. The molecule has 92 valence electrons. The van der Waals surface area contributed by atoms with E-state index in [0.717, 1.165) is 16.3 Å². The Kier molecular flexibility index (Phi) is 2.95. The molecule has 17 heavy (non-hydrogen) atoms. The van der Waals surface area contributed by atoms with Gasteiger partial charge in [0.1, 0.15) is 0 Å². The van der Waals surface area contributed by atoms with Gasteiger partial charge in [0.15, 0.2) is 4.96 Å². The monoisotopic (exact) mass is 252 g/mol. The molecule has 0 amide bonds. The summed E-state index contributed by atoms with van der Waals surface area (Å²) in [5, 5.41) is 10.7. The van der Waals surface area contributed by atoms with E-state index in [4.69, 9.17) is 5.11 Å². The van der Waals surface area contributed by atoms with Crippen LogP contribution >= 0.6 is 11.3 Å². The zero-order chi connectivity index (χ0) is 12.6. The van der Waals surface area contributed by atoms with Gasteiger partial charge in [-0.3, -0.25) is 9.20 Å². The molecule has 2 aromatic rings. The van der Waals surface area contributed by atoms with Crippen molar-refractivity contribution < 1.29 is 9.90 Å². The molecule has 4 nitrogen and oxygen atoms in total. The van der Waals surface area contributed by atoms with Gasteiger partial charge in [0.05, 0.1) is 12.1 Å². The Bertz CT molecular complexity index is 548. The number of hydrogen-bond donors (Lipinski definition) is 1. The minimum Gasteiger partial charge on any atom is -0.481 e. The molecule has 0 aliphatic carbocycles. The molecular formula is C12H16N2O2S. The molecular weight excluding hydrogens is 236 g/mol. The van der Waals surface area contributed by atoms with Crippen LogP contribution in [-0.2, 0) is 16.6 Å². The number of aromatic nitrogens is 2. The highest BCUT2D eigenvalue weighted by Crippen LogP contribution is 2.25. The Hall–Kier alpha value is -1.36. The maximum Gasteiger partial charge on any atom is 0.303 e. The lowest BCUT2D eigenvalue weighted by molar-refractivity contribution is -0.136. The molecule has 0 aliphatic rings. The van der Waals surface area contributed by atoms with E-state index in [0.29, 0.717) is 6.42 Å². The number of aryl methyl sites for hydroxylation is 1. The van der Waals surface area contributed by atoms with Gasteiger partial charge in [-0.2, -0.15) is 0 Å². The Balaban J connectivity index is 2.32. The van der Waals surface area contributed by atoms with E-state index in [1.807, 2.05) is 16.0 Å². The van der Waals surface area contributed by atoms with E-state index in [-0.39, 0.29) is 11.8 Å². The standard InChI is InChI=1S/C12H16N2O2S/c1-12(2,3)9-6-14-8(4-5-10(15)16)7-17-11(14)13-9/h6-7H,4-5H2,1-3H3,(H,15,16). The summed E-state index contributed by atoms with van der Waals surface area (Å²) in [6.45, 7) is 6.36. The first kappa shape index (κ1) is 12.1. The molecule has 0 aromatic carbocycles. The summed E-state index contributed by atoms with van der Waals surface area (Å²) in [5.41, 5.74) is 2.09. The zero-order valence-corrected chi connectivity index (χ0v) is 11.0. The summed E-state index contributed by atoms with van der Waals surface area (Å²) in [5.74, 6) is -0.763. The van der Waals surface area contributed by atoms with Gasteiger partial charge < -0.3 is 5.11 Å². The van der Waals surface area contributed by atoms with Crippen LogP contribution in [-0.4, -0.2) is 20.5 Å². The van der Waals surface area contributed by atoms with Crippen LogP contribution in [0.3, 0.4) is 0 Å². The van der Waals surface area contributed by atoms with Gasteiger partial charge in [-0.25, -0.2) is 4.98 Å². The number of aliphatic carboxylic acids is 1. The lowest BCUT2D eigenvalue weighted by Gasteiger charge is -2.13. The van der Waals surface area contributed by atoms with Crippen LogP contribution in [0.2, 0.25) is 0 Å². The summed E-state index contributed by atoms with van der Waals surface area (Å²) < 4.78 is 2.01. The van der Waals surface area contributed by atoms with Crippen LogP contribution in [0.15, 0.2) is 11.6 Å². The van der Waals surface area contributed by atoms with E-state index < -0.39 is 5.97 Å². The highest BCUT2D eigenvalue weighted by atomic mass is 32.1. The second kappa shape index (κ2) is 4.14. The number of hydrogen-bond acceptors (Lipinski definition) is 3. The number of carboxylic acids is 1. The lowest BCUT2D eigenvalue weighted by Crippen LogP contribution is -2.11. The molecule has 5 heteroatoms. The predicted octanol–water partition coefficient (Wildman–Crippen LogP) is 2.71. The summed E-state index contributed by atoms with van der Waals surface area (Å²) in [6.07, 6.45) is 2.73. The van der Waals surface area contributed by atoms with Crippen molar-refractivity contribution in [3.8, 4) is 0 Å². The molecule has 1 N–H and O–H groups in total. The predicted molar refractivity (Wildman–Crippen MR) is 67.7 cm³/mol. The highest BCUT2D eigenvalue weighted by Gasteiger charge is 2.19. The van der Waals surface area contributed by atoms with Gasteiger partial charge in [0.2, 0.25) is 0 Å².